The summed E-state index contributed by atoms with van der Waals surface area (Å²) in [4.78, 5) is 11.8. The summed E-state index contributed by atoms with van der Waals surface area (Å²) >= 11 is 0. The highest BCUT2D eigenvalue weighted by Crippen LogP contribution is 2.09. The number of hydrogen-bond donors (Lipinski definition) is 3. The van der Waals surface area contributed by atoms with Crippen molar-refractivity contribution in [2.45, 2.75) is 26.3 Å². The third-order valence-electron chi connectivity index (χ3n) is 2.62. The second kappa shape index (κ2) is 7.02. The number of sulfonamides is 1. The lowest BCUT2D eigenvalue weighted by Gasteiger charge is -2.25. The topological polar surface area (TPSA) is 87.3 Å². The number of amides is 1. The zero-order valence-electron chi connectivity index (χ0n) is 12.9. The van der Waals surface area contributed by atoms with Crippen LogP contribution in [0.2, 0.25) is 0 Å². The Bertz CT molecular complexity index is 597. The van der Waals surface area contributed by atoms with Gasteiger partial charge in [-0.25, -0.2) is 13.1 Å². The third kappa shape index (κ3) is 7.79. The molecule has 0 saturated heterocycles. The predicted molar refractivity (Wildman–Crippen MR) is 84.7 cm³/mol. The van der Waals surface area contributed by atoms with Crippen molar-refractivity contribution in [3.8, 4) is 0 Å². The van der Waals surface area contributed by atoms with Gasteiger partial charge in [0.15, 0.2) is 0 Å². The van der Waals surface area contributed by atoms with Gasteiger partial charge in [0.05, 0.1) is 12.8 Å². The van der Waals surface area contributed by atoms with Crippen molar-refractivity contribution in [1.29, 1.82) is 0 Å². The number of benzene rings is 1. The van der Waals surface area contributed by atoms with Crippen LogP contribution in [0.1, 0.15) is 19.4 Å². The number of nitrogens with one attached hydrogen (secondary N) is 3. The highest BCUT2D eigenvalue weighted by atomic mass is 32.2. The lowest BCUT2D eigenvalue weighted by atomic mass is 10.1. The minimum Gasteiger partial charge on any atom is -0.325 e. The van der Waals surface area contributed by atoms with E-state index < -0.39 is 15.6 Å². The first-order valence-electron chi connectivity index (χ1n) is 6.64. The van der Waals surface area contributed by atoms with Gasteiger partial charge in [0.2, 0.25) is 15.9 Å². The first-order chi connectivity index (χ1) is 9.57. The van der Waals surface area contributed by atoms with E-state index in [0.717, 1.165) is 17.5 Å². The molecule has 7 heteroatoms. The number of anilines is 1. The van der Waals surface area contributed by atoms with Gasteiger partial charge in [0.1, 0.15) is 0 Å². The van der Waals surface area contributed by atoms with Gasteiger partial charge in [-0.05, 0) is 38.5 Å². The van der Waals surface area contributed by atoms with Crippen molar-refractivity contribution in [2.75, 3.05) is 24.7 Å². The molecule has 1 aromatic carbocycles. The van der Waals surface area contributed by atoms with Crippen LogP contribution in [0.4, 0.5) is 5.69 Å². The average molecular weight is 313 g/mol. The normalized spacial score (nSPS) is 12.2. The van der Waals surface area contributed by atoms with Crippen LogP contribution >= 0.6 is 0 Å². The SMILES string of the molecule is Cc1cccc(NC(=O)CNCC(C)(C)NS(C)(=O)=O)c1. The molecule has 0 radical (unpaired) electrons. The Morgan fingerprint density at radius 2 is 1.95 bits per heavy atom. The van der Waals surface area contributed by atoms with E-state index in [2.05, 4.69) is 15.4 Å². The third-order valence-corrected chi connectivity index (χ3v) is 3.54. The molecule has 0 aliphatic carbocycles. The molecule has 0 aliphatic rings. The zero-order chi connectivity index (χ0) is 16.1. The van der Waals surface area contributed by atoms with E-state index in [1.165, 1.54) is 0 Å². The fourth-order valence-electron chi connectivity index (χ4n) is 1.95. The lowest BCUT2D eigenvalue weighted by molar-refractivity contribution is -0.115. The van der Waals surface area contributed by atoms with Gasteiger partial charge in [0, 0.05) is 17.8 Å². The Hall–Kier alpha value is -1.44. The molecule has 0 aromatic heterocycles. The van der Waals surface area contributed by atoms with E-state index in [1.807, 2.05) is 31.2 Å². The smallest absolute Gasteiger partial charge is 0.238 e. The van der Waals surface area contributed by atoms with Crippen molar-refractivity contribution in [3.63, 3.8) is 0 Å². The van der Waals surface area contributed by atoms with E-state index in [4.69, 9.17) is 0 Å². The Labute approximate surface area is 126 Å². The minimum atomic E-state index is -3.28. The molecular formula is C14H23N3O3S. The highest BCUT2D eigenvalue weighted by molar-refractivity contribution is 7.88. The van der Waals surface area contributed by atoms with Crippen LogP contribution in [0.15, 0.2) is 24.3 Å². The maximum absolute atomic E-state index is 11.8. The number of rotatable bonds is 7. The van der Waals surface area contributed by atoms with Crippen LogP contribution in [0, 0.1) is 6.92 Å². The molecule has 0 heterocycles. The first-order valence-corrected chi connectivity index (χ1v) is 8.53. The Kier molecular flexibility index (Phi) is 5.88. The number of hydrogen-bond acceptors (Lipinski definition) is 4. The molecule has 0 fully saturated rings. The molecule has 21 heavy (non-hydrogen) atoms. The Balaban J connectivity index is 2.40. The Morgan fingerprint density at radius 3 is 2.52 bits per heavy atom. The van der Waals surface area contributed by atoms with E-state index in [9.17, 15) is 13.2 Å². The average Bonchev–Trinajstić information content (AvgIpc) is 2.24. The summed E-state index contributed by atoms with van der Waals surface area (Å²) in [6.45, 7) is 5.91. The molecule has 0 unspecified atom stereocenters. The molecule has 118 valence electrons. The molecule has 0 saturated carbocycles. The van der Waals surface area contributed by atoms with Gasteiger partial charge in [-0.3, -0.25) is 4.79 Å². The molecule has 6 nitrogen and oxygen atoms in total. The van der Waals surface area contributed by atoms with Gasteiger partial charge in [-0.1, -0.05) is 12.1 Å². The van der Waals surface area contributed by atoms with Gasteiger partial charge in [-0.2, -0.15) is 0 Å². The molecule has 0 atom stereocenters. The number of carbonyl (C=O) groups is 1. The Morgan fingerprint density at radius 1 is 1.29 bits per heavy atom. The standard InChI is InChI=1S/C14H23N3O3S/c1-11-6-5-7-12(8-11)16-13(18)9-15-10-14(2,3)17-21(4,19)20/h5-8,15,17H,9-10H2,1-4H3,(H,16,18). The van der Waals surface area contributed by atoms with Crippen LogP contribution in [-0.2, 0) is 14.8 Å². The summed E-state index contributed by atoms with van der Waals surface area (Å²) in [6, 6.07) is 7.53. The first kappa shape index (κ1) is 17.6. The second-order valence-corrected chi connectivity index (χ2v) is 7.53. The van der Waals surface area contributed by atoms with Crippen LogP contribution in [0.3, 0.4) is 0 Å². The molecular weight excluding hydrogens is 290 g/mol. The largest absolute Gasteiger partial charge is 0.325 e. The molecule has 1 amide bonds. The second-order valence-electron chi connectivity index (χ2n) is 5.78. The van der Waals surface area contributed by atoms with Crippen molar-refractivity contribution in [2.24, 2.45) is 0 Å². The van der Waals surface area contributed by atoms with Crippen molar-refractivity contribution >= 4 is 21.6 Å². The number of carbonyl (C=O) groups excluding carboxylic acids is 1. The van der Waals surface area contributed by atoms with Crippen LogP contribution in [0.25, 0.3) is 0 Å². The molecule has 0 aliphatic heterocycles. The van der Waals surface area contributed by atoms with E-state index in [0.29, 0.717) is 6.54 Å². The van der Waals surface area contributed by atoms with Crippen molar-refractivity contribution in [1.82, 2.24) is 10.0 Å². The van der Waals surface area contributed by atoms with Crippen molar-refractivity contribution in [3.05, 3.63) is 29.8 Å². The molecule has 1 aromatic rings. The summed E-state index contributed by atoms with van der Waals surface area (Å²) in [5.41, 5.74) is 1.16. The van der Waals surface area contributed by atoms with E-state index in [-0.39, 0.29) is 12.5 Å². The number of aryl methyl sites for hydroxylation is 1. The van der Waals surface area contributed by atoms with Crippen LogP contribution in [-0.4, -0.2) is 39.2 Å². The summed E-state index contributed by atoms with van der Waals surface area (Å²) < 4.78 is 24.9. The maximum Gasteiger partial charge on any atom is 0.238 e. The van der Waals surface area contributed by atoms with Crippen LogP contribution < -0.4 is 15.4 Å². The summed E-state index contributed by atoms with van der Waals surface area (Å²) in [7, 11) is -3.28. The van der Waals surface area contributed by atoms with Gasteiger partial charge >= 0.3 is 0 Å². The quantitative estimate of drug-likeness (QED) is 0.696. The van der Waals surface area contributed by atoms with E-state index >= 15 is 0 Å². The highest BCUT2D eigenvalue weighted by Gasteiger charge is 2.21. The summed E-state index contributed by atoms with van der Waals surface area (Å²) in [5, 5.41) is 5.72. The molecule has 0 spiro atoms. The summed E-state index contributed by atoms with van der Waals surface area (Å²) in [6.07, 6.45) is 1.11. The van der Waals surface area contributed by atoms with E-state index in [1.54, 1.807) is 13.8 Å². The maximum atomic E-state index is 11.8. The monoisotopic (exact) mass is 313 g/mol. The lowest BCUT2D eigenvalue weighted by Crippen LogP contribution is -2.50. The molecule has 0 bridgehead atoms. The summed E-state index contributed by atoms with van der Waals surface area (Å²) in [5.74, 6) is -0.171. The van der Waals surface area contributed by atoms with Gasteiger partial charge < -0.3 is 10.6 Å². The minimum absolute atomic E-state index is 0.114. The van der Waals surface area contributed by atoms with Gasteiger partial charge in [-0.15, -0.1) is 0 Å². The fraction of sp³-hybridized carbons (Fsp3) is 0.500. The fourth-order valence-corrected chi connectivity index (χ4v) is 3.03. The zero-order valence-corrected chi connectivity index (χ0v) is 13.7. The van der Waals surface area contributed by atoms with Gasteiger partial charge in [0.25, 0.3) is 0 Å². The predicted octanol–water partition coefficient (Wildman–Crippen LogP) is 0.851. The molecule has 3 N–H and O–H groups in total. The van der Waals surface area contributed by atoms with Crippen molar-refractivity contribution < 1.29 is 13.2 Å². The van der Waals surface area contributed by atoms with Crippen LogP contribution in [0.5, 0.6) is 0 Å². The molecule has 1 rings (SSSR count).